The van der Waals surface area contributed by atoms with Crippen LogP contribution in [-0.4, -0.2) is 26.9 Å². The van der Waals surface area contributed by atoms with Gasteiger partial charge < -0.3 is 15.3 Å². The summed E-state index contributed by atoms with van der Waals surface area (Å²) in [5.74, 6) is -2.24. The fourth-order valence-corrected chi connectivity index (χ4v) is 1.18. The van der Waals surface area contributed by atoms with Crippen molar-refractivity contribution in [1.82, 2.24) is 5.43 Å². The smallest absolute Gasteiger partial charge is 0.254 e. The van der Waals surface area contributed by atoms with Crippen LogP contribution < -0.4 is 5.43 Å². The first-order valence-corrected chi connectivity index (χ1v) is 4.91. The maximum absolute atomic E-state index is 11.0. The molecule has 0 spiro atoms. The van der Waals surface area contributed by atoms with Crippen LogP contribution in [-0.2, 0) is 4.79 Å². The van der Waals surface area contributed by atoms with Gasteiger partial charge in [0.15, 0.2) is 11.5 Å². The van der Waals surface area contributed by atoms with Crippen molar-refractivity contribution in [1.29, 1.82) is 5.26 Å². The normalized spacial score (nSPS) is 10.8. The van der Waals surface area contributed by atoms with Gasteiger partial charge in [-0.05, 0) is 19.1 Å². The van der Waals surface area contributed by atoms with Crippen molar-refractivity contribution in [3.05, 3.63) is 17.7 Å². The molecule has 0 heterocycles. The Balaban J connectivity index is 2.95. The maximum Gasteiger partial charge on any atom is 0.254 e. The van der Waals surface area contributed by atoms with Gasteiger partial charge in [0.2, 0.25) is 5.75 Å². The number of nitriles is 1. The van der Waals surface area contributed by atoms with Gasteiger partial charge in [-0.3, -0.25) is 4.79 Å². The van der Waals surface area contributed by atoms with Gasteiger partial charge in [0.1, 0.15) is 6.42 Å². The fourth-order valence-electron chi connectivity index (χ4n) is 1.18. The SMILES string of the molecule is C/C(=N\NC(=O)CC#N)c1ccc(O)c(O)c1O. The van der Waals surface area contributed by atoms with E-state index in [0.29, 0.717) is 0 Å². The van der Waals surface area contributed by atoms with E-state index in [9.17, 15) is 15.0 Å². The van der Waals surface area contributed by atoms with Gasteiger partial charge in [-0.2, -0.15) is 10.4 Å². The number of rotatable bonds is 3. The van der Waals surface area contributed by atoms with Crippen molar-refractivity contribution in [2.75, 3.05) is 0 Å². The molecule has 0 saturated carbocycles. The summed E-state index contributed by atoms with van der Waals surface area (Å²) in [4.78, 5) is 11.0. The van der Waals surface area contributed by atoms with Gasteiger partial charge >= 0.3 is 0 Å². The number of amides is 1. The highest BCUT2D eigenvalue weighted by Crippen LogP contribution is 2.37. The van der Waals surface area contributed by atoms with Gasteiger partial charge in [-0.15, -0.1) is 0 Å². The monoisotopic (exact) mass is 249 g/mol. The number of carbonyl (C=O) groups is 1. The number of benzene rings is 1. The Morgan fingerprint density at radius 3 is 2.67 bits per heavy atom. The highest BCUT2D eigenvalue weighted by molar-refractivity contribution is 6.02. The number of hydrogen-bond acceptors (Lipinski definition) is 6. The highest BCUT2D eigenvalue weighted by Gasteiger charge is 2.13. The summed E-state index contributed by atoms with van der Waals surface area (Å²) in [5, 5.41) is 39.9. The first kappa shape index (κ1) is 13.3. The van der Waals surface area contributed by atoms with Crippen LogP contribution in [0.3, 0.4) is 0 Å². The number of phenols is 3. The second-order valence-corrected chi connectivity index (χ2v) is 3.40. The topological polar surface area (TPSA) is 126 Å². The van der Waals surface area contributed by atoms with Crippen LogP contribution in [0.1, 0.15) is 18.9 Å². The van der Waals surface area contributed by atoms with Crippen LogP contribution in [0.15, 0.2) is 17.2 Å². The Morgan fingerprint density at radius 1 is 1.39 bits per heavy atom. The molecule has 0 aliphatic carbocycles. The van der Waals surface area contributed by atoms with Crippen molar-refractivity contribution < 1.29 is 20.1 Å². The summed E-state index contributed by atoms with van der Waals surface area (Å²) in [6.07, 6.45) is -0.330. The number of carbonyl (C=O) groups excluding carboxylic acids is 1. The van der Waals surface area contributed by atoms with E-state index < -0.39 is 23.2 Å². The molecule has 4 N–H and O–H groups in total. The minimum atomic E-state index is -0.662. The molecule has 7 nitrogen and oxygen atoms in total. The van der Waals surface area contributed by atoms with Gasteiger partial charge in [-0.25, -0.2) is 5.43 Å². The molecule has 1 amide bonds. The molecule has 1 aromatic rings. The van der Waals surface area contributed by atoms with E-state index in [1.54, 1.807) is 6.07 Å². The molecular formula is C11H11N3O4. The minimum absolute atomic E-state index is 0.155. The summed E-state index contributed by atoms with van der Waals surface area (Å²) in [6, 6.07) is 4.17. The Hall–Kier alpha value is -2.75. The zero-order valence-corrected chi connectivity index (χ0v) is 9.51. The molecule has 0 unspecified atom stereocenters. The lowest BCUT2D eigenvalue weighted by Crippen LogP contribution is -2.18. The molecule has 0 aliphatic rings. The molecule has 0 saturated heterocycles. The van der Waals surface area contributed by atoms with Crippen LogP contribution in [0, 0.1) is 11.3 Å². The number of nitrogens with zero attached hydrogens (tertiary/aromatic N) is 2. The molecule has 0 aromatic heterocycles. The van der Waals surface area contributed by atoms with Crippen LogP contribution in [0.5, 0.6) is 17.2 Å². The quantitative estimate of drug-likeness (QED) is 0.353. The number of nitrogens with one attached hydrogen (secondary N) is 1. The lowest BCUT2D eigenvalue weighted by molar-refractivity contribution is -0.120. The van der Waals surface area contributed by atoms with E-state index in [2.05, 4.69) is 10.5 Å². The van der Waals surface area contributed by atoms with Crippen molar-refractivity contribution >= 4 is 11.6 Å². The average Bonchev–Trinajstić information content (AvgIpc) is 2.34. The van der Waals surface area contributed by atoms with E-state index in [1.807, 2.05) is 0 Å². The third-order valence-electron chi connectivity index (χ3n) is 2.11. The van der Waals surface area contributed by atoms with Crippen LogP contribution in [0.25, 0.3) is 0 Å². The minimum Gasteiger partial charge on any atom is -0.504 e. The van der Waals surface area contributed by atoms with Gasteiger partial charge in [-0.1, -0.05) is 0 Å². The standard InChI is InChI=1S/C11H11N3O4/c1-6(13-14-9(16)4-5-12)7-2-3-8(15)11(18)10(7)17/h2-3,15,17-18H,4H2,1H3,(H,14,16)/b13-6+. The van der Waals surface area contributed by atoms with E-state index in [-0.39, 0.29) is 17.7 Å². The van der Waals surface area contributed by atoms with Gasteiger partial charge in [0.05, 0.1) is 11.8 Å². The van der Waals surface area contributed by atoms with E-state index >= 15 is 0 Å². The van der Waals surface area contributed by atoms with Gasteiger partial charge in [0, 0.05) is 5.56 Å². The number of hydrogen-bond donors (Lipinski definition) is 4. The lowest BCUT2D eigenvalue weighted by Gasteiger charge is -2.07. The molecule has 0 bridgehead atoms. The Bertz CT molecular complexity index is 546. The van der Waals surface area contributed by atoms with E-state index in [1.165, 1.54) is 19.1 Å². The molecule has 0 fully saturated rings. The number of aromatic hydroxyl groups is 3. The number of phenolic OH excluding ortho intramolecular Hbond substituents is 3. The summed E-state index contributed by atoms with van der Waals surface area (Å²) < 4.78 is 0. The molecule has 0 radical (unpaired) electrons. The zero-order valence-electron chi connectivity index (χ0n) is 9.51. The molecule has 18 heavy (non-hydrogen) atoms. The maximum atomic E-state index is 11.0. The lowest BCUT2D eigenvalue weighted by atomic mass is 10.1. The summed E-state index contributed by atoms with van der Waals surface area (Å²) in [7, 11) is 0. The Labute approximate surface area is 103 Å². The Morgan fingerprint density at radius 2 is 2.06 bits per heavy atom. The van der Waals surface area contributed by atoms with Crippen LogP contribution in [0.2, 0.25) is 0 Å². The van der Waals surface area contributed by atoms with E-state index in [0.717, 1.165) is 0 Å². The van der Waals surface area contributed by atoms with Crippen LogP contribution in [0.4, 0.5) is 0 Å². The first-order valence-electron chi connectivity index (χ1n) is 4.91. The van der Waals surface area contributed by atoms with Crippen molar-refractivity contribution in [2.24, 2.45) is 5.10 Å². The second kappa shape index (κ2) is 5.54. The third kappa shape index (κ3) is 2.89. The van der Waals surface area contributed by atoms with Crippen LogP contribution >= 0.6 is 0 Å². The largest absolute Gasteiger partial charge is 0.504 e. The summed E-state index contributed by atoms with van der Waals surface area (Å²) >= 11 is 0. The average molecular weight is 249 g/mol. The molecular weight excluding hydrogens is 238 g/mol. The van der Waals surface area contributed by atoms with E-state index in [4.69, 9.17) is 10.4 Å². The number of hydrazone groups is 1. The highest BCUT2D eigenvalue weighted by atomic mass is 16.3. The van der Waals surface area contributed by atoms with Crippen molar-refractivity contribution in [2.45, 2.75) is 13.3 Å². The molecule has 0 aliphatic heterocycles. The summed E-state index contributed by atoms with van der Waals surface area (Å²) in [6.45, 7) is 1.48. The van der Waals surface area contributed by atoms with Gasteiger partial charge in [0.25, 0.3) is 5.91 Å². The predicted molar refractivity (Wildman–Crippen MR) is 62.0 cm³/mol. The zero-order chi connectivity index (χ0) is 13.7. The molecule has 1 rings (SSSR count). The molecule has 7 heteroatoms. The first-order chi connectivity index (χ1) is 8.47. The second-order valence-electron chi connectivity index (χ2n) is 3.40. The summed E-state index contributed by atoms with van der Waals surface area (Å²) in [5.41, 5.74) is 2.49. The fraction of sp³-hybridized carbons (Fsp3) is 0.182. The molecule has 1 aromatic carbocycles. The Kier molecular flexibility index (Phi) is 4.10. The van der Waals surface area contributed by atoms with Crippen molar-refractivity contribution in [3.8, 4) is 23.3 Å². The molecule has 0 atom stereocenters. The third-order valence-corrected chi connectivity index (χ3v) is 2.11. The predicted octanol–water partition coefficient (Wildman–Crippen LogP) is 0.557. The molecule has 94 valence electrons. The van der Waals surface area contributed by atoms with Crippen molar-refractivity contribution in [3.63, 3.8) is 0 Å².